The highest BCUT2D eigenvalue weighted by molar-refractivity contribution is 7.21. The number of nitrogens with two attached hydrogens (primary N) is 1. The Hall–Kier alpha value is -1.39. The Morgan fingerprint density at radius 1 is 1.25 bits per heavy atom. The van der Waals surface area contributed by atoms with E-state index in [-0.39, 0.29) is 5.91 Å². The second-order valence-corrected chi connectivity index (χ2v) is 7.00. The molecule has 2 N–H and O–H groups in total. The predicted molar refractivity (Wildman–Crippen MR) is 82.2 cm³/mol. The molecule has 0 aliphatic carbocycles. The fourth-order valence-electron chi connectivity index (χ4n) is 3.91. The van der Waals surface area contributed by atoms with Crippen LogP contribution in [0.4, 0.5) is 0 Å². The van der Waals surface area contributed by atoms with E-state index in [1.807, 2.05) is 6.07 Å². The molecule has 3 saturated heterocycles. The van der Waals surface area contributed by atoms with Crippen molar-refractivity contribution in [2.24, 2.45) is 11.7 Å². The molecule has 1 aromatic heterocycles. The van der Waals surface area contributed by atoms with Crippen LogP contribution in [0, 0.1) is 5.92 Å². The molecule has 1 unspecified atom stereocenters. The van der Waals surface area contributed by atoms with Gasteiger partial charge in [-0.25, -0.2) is 0 Å². The van der Waals surface area contributed by atoms with Crippen LogP contribution in [0.2, 0.25) is 0 Å². The molecule has 4 heterocycles. The summed E-state index contributed by atoms with van der Waals surface area (Å²) < 4.78 is 1.19. The summed E-state index contributed by atoms with van der Waals surface area (Å²) in [5.74, 6) is 0.935. The van der Waals surface area contributed by atoms with Crippen molar-refractivity contribution in [1.29, 1.82) is 0 Å². The number of benzene rings is 1. The third-order valence-corrected chi connectivity index (χ3v) is 6.09. The number of carbonyl (C=O) groups excluding carboxylic acids is 1. The molecule has 1 aromatic carbocycles. The maximum absolute atomic E-state index is 11.9. The summed E-state index contributed by atoms with van der Waals surface area (Å²) in [6.45, 7) is 3.52. The van der Waals surface area contributed by atoms with Crippen LogP contribution in [0.25, 0.3) is 10.1 Å². The van der Waals surface area contributed by atoms with Gasteiger partial charge in [-0.15, -0.1) is 11.3 Å². The number of thiophene rings is 1. The smallest absolute Gasteiger partial charge is 0.259 e. The van der Waals surface area contributed by atoms with Gasteiger partial charge in [-0.2, -0.15) is 0 Å². The second kappa shape index (κ2) is 4.57. The van der Waals surface area contributed by atoms with Crippen molar-refractivity contribution in [2.45, 2.75) is 18.8 Å². The lowest BCUT2D eigenvalue weighted by molar-refractivity contribution is 0.0864. The Morgan fingerprint density at radius 3 is 2.65 bits per heavy atom. The summed E-state index contributed by atoms with van der Waals surface area (Å²) in [7, 11) is 0. The van der Waals surface area contributed by atoms with E-state index in [1.54, 1.807) is 11.3 Å². The molecule has 3 aliphatic heterocycles. The van der Waals surface area contributed by atoms with Gasteiger partial charge in [-0.05, 0) is 48.9 Å². The number of primary amides is 1. The van der Waals surface area contributed by atoms with E-state index < -0.39 is 0 Å². The average molecular weight is 286 g/mol. The predicted octanol–water partition coefficient (Wildman–Crippen LogP) is 2.81. The first-order valence-electron chi connectivity index (χ1n) is 7.27. The zero-order chi connectivity index (χ0) is 13.7. The number of rotatable bonds is 2. The van der Waals surface area contributed by atoms with Crippen LogP contribution in [0.1, 0.15) is 34.0 Å². The summed E-state index contributed by atoms with van der Waals surface area (Å²) in [5.41, 5.74) is 6.87. The van der Waals surface area contributed by atoms with Gasteiger partial charge < -0.3 is 10.6 Å². The lowest BCUT2D eigenvalue weighted by atomic mass is 9.74. The maximum atomic E-state index is 11.9. The molecule has 3 aliphatic rings. The topological polar surface area (TPSA) is 46.3 Å². The SMILES string of the molecule is NC(=O)c1sc2ccccc2c1C1CN2CCC1CC2. The lowest BCUT2D eigenvalue weighted by Gasteiger charge is -2.45. The average Bonchev–Trinajstić information content (AvgIpc) is 2.88. The minimum absolute atomic E-state index is 0.266. The van der Waals surface area contributed by atoms with Crippen LogP contribution in [0.3, 0.4) is 0 Å². The van der Waals surface area contributed by atoms with Crippen molar-refractivity contribution in [3.8, 4) is 0 Å². The van der Waals surface area contributed by atoms with Gasteiger partial charge >= 0.3 is 0 Å². The van der Waals surface area contributed by atoms with Crippen LogP contribution in [-0.4, -0.2) is 30.4 Å². The number of amides is 1. The van der Waals surface area contributed by atoms with E-state index in [4.69, 9.17) is 5.73 Å². The number of piperidine rings is 3. The third kappa shape index (κ3) is 1.79. The number of hydrogen-bond donors (Lipinski definition) is 1. The van der Waals surface area contributed by atoms with Crippen molar-refractivity contribution in [3.05, 3.63) is 34.7 Å². The highest BCUT2D eigenvalue weighted by Gasteiger charge is 2.38. The summed E-state index contributed by atoms with van der Waals surface area (Å²) >= 11 is 1.56. The Balaban J connectivity index is 1.89. The first-order chi connectivity index (χ1) is 9.74. The number of hydrogen-bond acceptors (Lipinski definition) is 3. The van der Waals surface area contributed by atoms with Crippen LogP contribution in [0.5, 0.6) is 0 Å². The normalized spacial score (nSPS) is 28.9. The molecule has 104 valence electrons. The molecule has 0 radical (unpaired) electrons. The van der Waals surface area contributed by atoms with Gasteiger partial charge in [0.15, 0.2) is 0 Å². The zero-order valence-corrected chi connectivity index (χ0v) is 12.2. The van der Waals surface area contributed by atoms with Crippen LogP contribution >= 0.6 is 11.3 Å². The molecule has 3 nitrogen and oxygen atoms in total. The van der Waals surface area contributed by atoms with Gasteiger partial charge in [0.05, 0.1) is 4.88 Å². The van der Waals surface area contributed by atoms with Gasteiger partial charge in [0.25, 0.3) is 5.91 Å². The second-order valence-electron chi connectivity index (χ2n) is 5.95. The Morgan fingerprint density at radius 2 is 2.00 bits per heavy atom. The Labute approximate surface area is 122 Å². The quantitative estimate of drug-likeness (QED) is 0.922. The van der Waals surface area contributed by atoms with E-state index in [1.165, 1.54) is 41.6 Å². The highest BCUT2D eigenvalue weighted by atomic mass is 32.1. The summed E-state index contributed by atoms with van der Waals surface area (Å²) in [6, 6.07) is 8.33. The van der Waals surface area contributed by atoms with Crippen molar-refractivity contribution in [1.82, 2.24) is 4.90 Å². The zero-order valence-electron chi connectivity index (χ0n) is 11.3. The van der Waals surface area contributed by atoms with Gasteiger partial charge in [-0.3, -0.25) is 4.79 Å². The monoisotopic (exact) mass is 286 g/mol. The third-order valence-electron chi connectivity index (χ3n) is 4.88. The van der Waals surface area contributed by atoms with Gasteiger partial charge in [0, 0.05) is 17.2 Å². The fourth-order valence-corrected chi connectivity index (χ4v) is 5.04. The Bertz CT molecular complexity index is 670. The van der Waals surface area contributed by atoms with Crippen molar-refractivity contribution in [3.63, 3.8) is 0 Å². The lowest BCUT2D eigenvalue weighted by Crippen LogP contribution is -2.46. The first kappa shape index (κ1) is 12.4. The minimum atomic E-state index is -0.266. The molecular weight excluding hydrogens is 268 g/mol. The van der Waals surface area contributed by atoms with Gasteiger partial charge in [-0.1, -0.05) is 18.2 Å². The maximum Gasteiger partial charge on any atom is 0.259 e. The molecule has 2 bridgehead atoms. The van der Waals surface area contributed by atoms with E-state index in [0.717, 1.165) is 17.3 Å². The molecule has 4 heteroatoms. The highest BCUT2D eigenvalue weighted by Crippen LogP contribution is 2.45. The molecule has 3 fully saturated rings. The Kier molecular flexibility index (Phi) is 2.82. The van der Waals surface area contributed by atoms with Crippen molar-refractivity contribution < 1.29 is 4.79 Å². The molecule has 20 heavy (non-hydrogen) atoms. The standard InChI is InChI=1S/C16H18N2OS/c17-16(19)15-14(11-3-1-2-4-13(11)20-15)12-9-18-7-5-10(12)6-8-18/h1-4,10,12H,5-9H2,(H2,17,19). The van der Waals surface area contributed by atoms with Gasteiger partial charge in [0.2, 0.25) is 0 Å². The summed E-state index contributed by atoms with van der Waals surface area (Å²) in [4.78, 5) is 15.2. The summed E-state index contributed by atoms with van der Waals surface area (Å²) in [5, 5.41) is 1.24. The minimum Gasteiger partial charge on any atom is -0.365 e. The van der Waals surface area contributed by atoms with E-state index >= 15 is 0 Å². The molecule has 5 rings (SSSR count). The molecular formula is C16H18N2OS. The van der Waals surface area contributed by atoms with Crippen molar-refractivity contribution >= 4 is 27.3 Å². The number of carbonyl (C=O) groups is 1. The fraction of sp³-hybridized carbons (Fsp3) is 0.438. The molecule has 0 saturated carbocycles. The van der Waals surface area contributed by atoms with Crippen LogP contribution < -0.4 is 5.73 Å². The molecule has 2 aromatic rings. The van der Waals surface area contributed by atoms with Gasteiger partial charge in [0.1, 0.15) is 0 Å². The van der Waals surface area contributed by atoms with Crippen LogP contribution in [-0.2, 0) is 0 Å². The molecule has 1 amide bonds. The number of fused-ring (bicyclic) bond motifs is 4. The molecule has 0 spiro atoms. The first-order valence-corrected chi connectivity index (χ1v) is 8.09. The van der Waals surface area contributed by atoms with Crippen molar-refractivity contribution in [2.75, 3.05) is 19.6 Å². The van der Waals surface area contributed by atoms with E-state index in [9.17, 15) is 4.79 Å². The molecule has 1 atom stereocenters. The van der Waals surface area contributed by atoms with E-state index in [0.29, 0.717) is 5.92 Å². The number of nitrogens with zero attached hydrogens (tertiary/aromatic N) is 1. The van der Waals surface area contributed by atoms with E-state index in [2.05, 4.69) is 23.1 Å². The van der Waals surface area contributed by atoms with Crippen LogP contribution in [0.15, 0.2) is 24.3 Å². The largest absolute Gasteiger partial charge is 0.365 e. The summed E-state index contributed by atoms with van der Waals surface area (Å²) in [6.07, 6.45) is 2.51.